The van der Waals surface area contributed by atoms with Crippen molar-refractivity contribution in [3.63, 3.8) is 0 Å². The zero-order chi connectivity index (χ0) is 21.7. The van der Waals surface area contributed by atoms with E-state index in [2.05, 4.69) is 22.1 Å². The Bertz CT molecular complexity index is 1220. The summed E-state index contributed by atoms with van der Waals surface area (Å²) in [4.78, 5) is 7.96. The second-order valence-electron chi connectivity index (χ2n) is 6.51. The number of hydrogen-bond acceptors (Lipinski definition) is 2. The van der Waals surface area contributed by atoms with Crippen LogP contribution in [0.3, 0.4) is 0 Å². The first-order valence-corrected chi connectivity index (χ1v) is 9.43. The Balaban J connectivity index is 0.000000193. The number of halogens is 3. The van der Waals surface area contributed by atoms with Crippen LogP contribution in [0.2, 0.25) is 0 Å². The molecule has 7 heteroatoms. The molecule has 3 heterocycles. The fourth-order valence-corrected chi connectivity index (χ4v) is 3.05. The standard InChI is InChI=1S/C14H8F3N2.C11H8N.Ir/c15-14(16,17)13-18-12(10-6-2-1-3-7-10)11-8-4-5-9-19(11)13;1-2-6-10(7-3-1)11-8-4-5-9-12-11;/h1-6,8-9H;1-6,8-9H;/q2*-1;. The van der Waals surface area contributed by atoms with Gasteiger partial charge in [-0.15, -0.1) is 71.8 Å². The average Bonchev–Trinajstić information content (AvgIpc) is 3.22. The van der Waals surface area contributed by atoms with Gasteiger partial charge < -0.3 is 9.38 Å². The SMILES string of the molecule is FC(F)(F)c1nc(-c2[c-]cccc2)c2ccccn12.[Ir].[c-]1ccccc1-c1ccccn1. The molecule has 0 saturated carbocycles. The third kappa shape index (κ3) is 5.31. The molecule has 0 bridgehead atoms. The van der Waals surface area contributed by atoms with E-state index in [-0.39, 0.29) is 25.8 Å². The summed E-state index contributed by atoms with van der Waals surface area (Å²) in [6.45, 7) is 0. The second-order valence-corrected chi connectivity index (χ2v) is 6.51. The summed E-state index contributed by atoms with van der Waals surface area (Å²) in [5.74, 6) is -0.921. The Morgan fingerprint density at radius 3 is 2.00 bits per heavy atom. The van der Waals surface area contributed by atoms with Gasteiger partial charge in [0.2, 0.25) is 5.82 Å². The van der Waals surface area contributed by atoms with Crippen molar-refractivity contribution in [2.24, 2.45) is 0 Å². The minimum absolute atomic E-state index is 0. The maximum absolute atomic E-state index is 13.0. The molecule has 0 aliphatic heterocycles. The van der Waals surface area contributed by atoms with Crippen LogP contribution in [-0.2, 0) is 26.3 Å². The van der Waals surface area contributed by atoms with E-state index in [1.165, 1.54) is 6.20 Å². The Labute approximate surface area is 197 Å². The first-order chi connectivity index (χ1) is 15.0. The molecule has 2 aromatic carbocycles. The molecule has 0 spiro atoms. The third-order valence-corrected chi connectivity index (χ3v) is 4.42. The number of benzene rings is 2. The first kappa shape index (κ1) is 23.4. The van der Waals surface area contributed by atoms with Gasteiger partial charge in [0.1, 0.15) is 0 Å². The number of hydrogen-bond donors (Lipinski definition) is 0. The van der Waals surface area contributed by atoms with Gasteiger partial charge in [0.15, 0.2) is 0 Å². The van der Waals surface area contributed by atoms with Crippen molar-refractivity contribution in [2.45, 2.75) is 6.18 Å². The summed E-state index contributed by atoms with van der Waals surface area (Å²) < 4.78 is 39.9. The van der Waals surface area contributed by atoms with E-state index in [4.69, 9.17) is 0 Å². The summed E-state index contributed by atoms with van der Waals surface area (Å²) >= 11 is 0. The smallest absolute Gasteiger partial charge is 0.305 e. The van der Waals surface area contributed by atoms with Crippen LogP contribution in [0.25, 0.3) is 28.0 Å². The molecule has 163 valence electrons. The van der Waals surface area contributed by atoms with Gasteiger partial charge in [0.05, 0.1) is 0 Å². The summed E-state index contributed by atoms with van der Waals surface area (Å²) in [7, 11) is 0. The molecule has 0 amide bonds. The molecule has 0 unspecified atom stereocenters. The van der Waals surface area contributed by atoms with E-state index in [1.54, 1.807) is 48.7 Å². The Hall–Kier alpha value is -3.28. The molecule has 0 atom stereocenters. The normalized spacial score (nSPS) is 10.7. The molecule has 3 aromatic heterocycles. The van der Waals surface area contributed by atoms with Crippen molar-refractivity contribution in [3.05, 3.63) is 115 Å². The van der Waals surface area contributed by atoms with Crippen molar-refractivity contribution in [2.75, 3.05) is 0 Å². The van der Waals surface area contributed by atoms with Gasteiger partial charge in [-0.05, 0) is 23.9 Å². The van der Waals surface area contributed by atoms with Crippen LogP contribution >= 0.6 is 0 Å². The van der Waals surface area contributed by atoms with Crippen molar-refractivity contribution >= 4 is 5.52 Å². The summed E-state index contributed by atoms with van der Waals surface area (Å²) in [5, 5.41) is 0. The van der Waals surface area contributed by atoms with Crippen LogP contribution in [0.5, 0.6) is 0 Å². The molecule has 1 radical (unpaired) electrons. The number of fused-ring (bicyclic) bond motifs is 1. The topological polar surface area (TPSA) is 30.2 Å². The second kappa shape index (κ2) is 10.4. The Morgan fingerprint density at radius 2 is 1.41 bits per heavy atom. The van der Waals surface area contributed by atoms with Crippen LogP contribution < -0.4 is 0 Å². The minimum atomic E-state index is -4.49. The number of nitrogens with zero attached hydrogens (tertiary/aromatic N) is 3. The number of imidazole rings is 1. The van der Waals surface area contributed by atoms with Gasteiger partial charge in [0, 0.05) is 43.7 Å². The Kier molecular flexibility index (Phi) is 7.57. The largest absolute Gasteiger partial charge is 0.449 e. The fourth-order valence-electron chi connectivity index (χ4n) is 3.05. The molecular weight excluding hydrogens is 592 g/mol. The Morgan fingerprint density at radius 1 is 0.750 bits per heavy atom. The van der Waals surface area contributed by atoms with E-state index >= 15 is 0 Å². The van der Waals surface area contributed by atoms with Crippen molar-refractivity contribution in [3.8, 4) is 22.5 Å². The quantitative estimate of drug-likeness (QED) is 0.219. The van der Waals surface area contributed by atoms with Crippen molar-refractivity contribution in [1.82, 2.24) is 14.4 Å². The summed E-state index contributed by atoms with van der Waals surface area (Å²) in [6.07, 6.45) is -1.34. The molecule has 32 heavy (non-hydrogen) atoms. The first-order valence-electron chi connectivity index (χ1n) is 9.43. The number of rotatable bonds is 2. The molecule has 0 N–H and O–H groups in total. The average molecular weight is 608 g/mol. The van der Waals surface area contributed by atoms with Crippen LogP contribution in [0.4, 0.5) is 13.2 Å². The zero-order valence-electron chi connectivity index (χ0n) is 16.5. The fraction of sp³-hybridized carbons (Fsp3) is 0.0400. The number of pyridine rings is 2. The molecule has 5 rings (SSSR count). The molecule has 3 nitrogen and oxygen atoms in total. The molecule has 0 aliphatic carbocycles. The number of aromatic nitrogens is 3. The monoisotopic (exact) mass is 608 g/mol. The molecule has 0 fully saturated rings. The maximum atomic E-state index is 13.0. The minimum Gasteiger partial charge on any atom is -0.305 e. The van der Waals surface area contributed by atoms with Gasteiger partial charge in [0.25, 0.3) is 0 Å². The van der Waals surface area contributed by atoms with Gasteiger partial charge in [-0.2, -0.15) is 13.2 Å². The predicted molar refractivity (Wildman–Crippen MR) is 113 cm³/mol. The summed E-state index contributed by atoms with van der Waals surface area (Å²) in [5.41, 5.74) is 3.25. The van der Waals surface area contributed by atoms with Crippen LogP contribution in [-0.4, -0.2) is 14.4 Å². The molecule has 5 aromatic rings. The van der Waals surface area contributed by atoms with E-state index in [1.807, 2.05) is 42.5 Å². The summed E-state index contributed by atoms with van der Waals surface area (Å²) in [6, 6.07) is 31.4. The number of alkyl halides is 3. The maximum Gasteiger partial charge on any atom is 0.449 e. The van der Waals surface area contributed by atoms with E-state index in [0.717, 1.165) is 15.7 Å². The van der Waals surface area contributed by atoms with Crippen molar-refractivity contribution < 1.29 is 33.3 Å². The van der Waals surface area contributed by atoms with Crippen LogP contribution in [0.15, 0.2) is 97.3 Å². The zero-order valence-corrected chi connectivity index (χ0v) is 18.9. The van der Waals surface area contributed by atoms with Gasteiger partial charge in [-0.25, -0.2) is 0 Å². The molecule has 0 saturated heterocycles. The van der Waals surface area contributed by atoms with E-state index < -0.39 is 12.0 Å². The molecule has 0 aliphatic rings. The van der Waals surface area contributed by atoms with Gasteiger partial charge in [-0.1, -0.05) is 18.2 Å². The third-order valence-electron chi connectivity index (χ3n) is 4.42. The van der Waals surface area contributed by atoms with E-state index in [0.29, 0.717) is 11.1 Å². The predicted octanol–water partition coefficient (Wildman–Crippen LogP) is 6.37. The molecular formula is C25H16F3IrN3-2. The van der Waals surface area contributed by atoms with Gasteiger partial charge >= 0.3 is 6.18 Å². The van der Waals surface area contributed by atoms with Crippen LogP contribution in [0.1, 0.15) is 5.82 Å². The van der Waals surface area contributed by atoms with Crippen molar-refractivity contribution in [1.29, 1.82) is 0 Å². The van der Waals surface area contributed by atoms with E-state index in [9.17, 15) is 13.2 Å². The van der Waals surface area contributed by atoms with Gasteiger partial charge in [-0.3, -0.25) is 4.98 Å². The van der Waals surface area contributed by atoms with Crippen LogP contribution in [0, 0.1) is 12.1 Å².